The number of nitro benzene ring substituents is 1. The van der Waals surface area contributed by atoms with Crippen molar-refractivity contribution in [3.63, 3.8) is 0 Å². The minimum absolute atomic E-state index is 0.0588. The summed E-state index contributed by atoms with van der Waals surface area (Å²) in [6.45, 7) is 0.677. The summed E-state index contributed by atoms with van der Waals surface area (Å²) in [5.41, 5.74) is 0.0623. The van der Waals surface area contributed by atoms with Crippen LogP contribution in [0.25, 0.3) is 0 Å². The summed E-state index contributed by atoms with van der Waals surface area (Å²) in [5.74, 6) is 0. The second-order valence-corrected chi connectivity index (χ2v) is 8.48. The molecule has 6 nitrogen and oxygen atoms in total. The van der Waals surface area contributed by atoms with E-state index in [0.717, 1.165) is 24.0 Å². The van der Waals surface area contributed by atoms with Crippen molar-refractivity contribution in [2.45, 2.75) is 23.8 Å². The molecule has 1 aromatic heterocycles. The van der Waals surface area contributed by atoms with E-state index in [0.29, 0.717) is 12.2 Å². The Labute approximate surface area is 138 Å². The Balaban J connectivity index is 2.14. The summed E-state index contributed by atoms with van der Waals surface area (Å²) >= 11 is 1.61. The lowest BCUT2D eigenvalue weighted by atomic mass is 10.1. The highest BCUT2D eigenvalue weighted by Crippen LogP contribution is 2.43. The van der Waals surface area contributed by atoms with Gasteiger partial charge in [-0.3, -0.25) is 10.1 Å². The fraction of sp³-hybridized carbons (Fsp3) is 0.333. The predicted octanol–water partition coefficient (Wildman–Crippen LogP) is 3.40. The number of sulfone groups is 1. The molecule has 0 aliphatic carbocycles. The molecule has 1 atom stereocenters. The van der Waals surface area contributed by atoms with Crippen LogP contribution < -0.4 is 4.90 Å². The summed E-state index contributed by atoms with van der Waals surface area (Å²) in [6, 6.07) is 8.54. The van der Waals surface area contributed by atoms with Gasteiger partial charge in [-0.25, -0.2) is 8.42 Å². The molecule has 3 rings (SSSR count). The fourth-order valence-corrected chi connectivity index (χ4v) is 4.79. The van der Waals surface area contributed by atoms with E-state index in [2.05, 4.69) is 0 Å². The average molecular weight is 352 g/mol. The van der Waals surface area contributed by atoms with E-state index in [1.54, 1.807) is 23.5 Å². The first-order chi connectivity index (χ1) is 10.9. The molecular weight excluding hydrogens is 336 g/mol. The largest absolute Gasteiger partial charge is 0.358 e. The summed E-state index contributed by atoms with van der Waals surface area (Å²) < 4.78 is 23.8. The molecule has 0 bridgehead atoms. The molecule has 1 fully saturated rings. The van der Waals surface area contributed by atoms with E-state index in [9.17, 15) is 18.5 Å². The standard InChI is InChI=1S/C15H16N2O4S2/c1-23(20,21)14-8-2-5-12(15(14)17(18)19)16-9-3-6-11(16)13-7-4-10-22-13/h2,4-5,7-8,10-11H,3,6,9H2,1H3. The van der Waals surface area contributed by atoms with Crippen LogP contribution in [-0.2, 0) is 9.84 Å². The van der Waals surface area contributed by atoms with Crippen molar-refractivity contribution in [2.24, 2.45) is 0 Å². The van der Waals surface area contributed by atoms with Gasteiger partial charge in [0, 0.05) is 17.7 Å². The summed E-state index contributed by atoms with van der Waals surface area (Å²) in [4.78, 5) is 13.8. The van der Waals surface area contributed by atoms with Crippen LogP contribution in [-0.4, -0.2) is 26.1 Å². The van der Waals surface area contributed by atoms with E-state index < -0.39 is 14.8 Å². The van der Waals surface area contributed by atoms with Crippen LogP contribution >= 0.6 is 11.3 Å². The van der Waals surface area contributed by atoms with Gasteiger partial charge in [-0.15, -0.1) is 11.3 Å². The molecule has 1 aromatic carbocycles. The van der Waals surface area contributed by atoms with Gasteiger partial charge in [0.15, 0.2) is 9.84 Å². The SMILES string of the molecule is CS(=O)(=O)c1cccc(N2CCCC2c2cccs2)c1[N+](=O)[O-]. The zero-order chi connectivity index (χ0) is 16.6. The highest BCUT2D eigenvalue weighted by atomic mass is 32.2. The van der Waals surface area contributed by atoms with Crippen LogP contribution in [0.3, 0.4) is 0 Å². The number of thiophene rings is 1. The van der Waals surface area contributed by atoms with Gasteiger partial charge < -0.3 is 4.90 Å². The number of nitro groups is 1. The average Bonchev–Trinajstić information content (AvgIpc) is 3.16. The highest BCUT2D eigenvalue weighted by molar-refractivity contribution is 7.90. The van der Waals surface area contributed by atoms with Crippen LogP contribution in [0, 0.1) is 10.1 Å². The van der Waals surface area contributed by atoms with E-state index >= 15 is 0 Å². The number of para-hydroxylation sites is 1. The number of hydrogen-bond acceptors (Lipinski definition) is 6. The summed E-state index contributed by atoms with van der Waals surface area (Å²) in [5, 5.41) is 13.5. The van der Waals surface area contributed by atoms with E-state index in [4.69, 9.17) is 0 Å². The smallest absolute Gasteiger partial charge is 0.311 e. The Bertz CT molecular complexity index is 831. The van der Waals surface area contributed by atoms with Gasteiger partial charge in [0.2, 0.25) is 0 Å². The number of hydrogen-bond donors (Lipinski definition) is 0. The van der Waals surface area contributed by atoms with Gasteiger partial charge in [0.1, 0.15) is 10.6 Å². The number of benzene rings is 1. The van der Waals surface area contributed by atoms with Crippen molar-refractivity contribution in [1.29, 1.82) is 0 Å². The first-order valence-corrected chi connectivity index (χ1v) is 9.94. The third kappa shape index (κ3) is 2.96. The maximum atomic E-state index is 11.9. The van der Waals surface area contributed by atoms with Crippen LogP contribution in [0.15, 0.2) is 40.6 Å². The Hall–Kier alpha value is -1.93. The van der Waals surface area contributed by atoms with Gasteiger partial charge >= 0.3 is 5.69 Å². The van der Waals surface area contributed by atoms with Gasteiger partial charge in [-0.1, -0.05) is 12.1 Å². The first kappa shape index (κ1) is 15.9. The lowest BCUT2D eigenvalue weighted by Crippen LogP contribution is -2.23. The van der Waals surface area contributed by atoms with Crippen molar-refractivity contribution in [2.75, 3.05) is 17.7 Å². The predicted molar refractivity (Wildman–Crippen MR) is 89.8 cm³/mol. The first-order valence-electron chi connectivity index (χ1n) is 7.17. The van der Waals surface area contributed by atoms with E-state index in [1.165, 1.54) is 6.07 Å². The maximum absolute atomic E-state index is 11.9. The minimum Gasteiger partial charge on any atom is -0.358 e. The Kier molecular flexibility index (Phi) is 4.11. The normalized spacial score (nSPS) is 18.3. The quantitative estimate of drug-likeness (QED) is 0.622. The molecule has 0 spiro atoms. The van der Waals surface area contributed by atoms with Gasteiger partial charge in [-0.2, -0.15) is 0 Å². The molecule has 0 saturated carbocycles. The second-order valence-electron chi connectivity index (χ2n) is 5.52. The summed E-state index contributed by atoms with van der Waals surface area (Å²) in [6.07, 6.45) is 2.82. The number of nitrogens with zero attached hydrogens (tertiary/aromatic N) is 2. The van der Waals surface area contributed by atoms with Crippen LogP contribution in [0.4, 0.5) is 11.4 Å². The topological polar surface area (TPSA) is 80.5 Å². The van der Waals surface area contributed by atoms with Crippen molar-refractivity contribution in [3.05, 3.63) is 50.7 Å². The van der Waals surface area contributed by atoms with Gasteiger partial charge in [0.25, 0.3) is 0 Å². The Morgan fingerprint density at radius 2 is 2.09 bits per heavy atom. The third-order valence-electron chi connectivity index (χ3n) is 3.99. The molecular formula is C15H16N2O4S2. The molecule has 8 heteroatoms. The number of anilines is 1. The molecule has 1 aliphatic heterocycles. The van der Waals surface area contributed by atoms with Crippen molar-refractivity contribution < 1.29 is 13.3 Å². The van der Waals surface area contributed by atoms with Crippen LogP contribution in [0.5, 0.6) is 0 Å². The molecule has 0 amide bonds. The molecule has 2 heterocycles. The summed E-state index contributed by atoms with van der Waals surface area (Å²) in [7, 11) is -3.67. The van der Waals surface area contributed by atoms with Crippen molar-refractivity contribution >= 4 is 32.5 Å². The monoisotopic (exact) mass is 352 g/mol. The van der Waals surface area contributed by atoms with Gasteiger partial charge in [0.05, 0.1) is 11.0 Å². The van der Waals surface area contributed by atoms with Crippen molar-refractivity contribution in [3.8, 4) is 0 Å². The molecule has 0 N–H and O–H groups in total. The lowest BCUT2D eigenvalue weighted by Gasteiger charge is -2.26. The minimum atomic E-state index is -3.67. The Morgan fingerprint density at radius 1 is 1.30 bits per heavy atom. The molecule has 1 aliphatic rings. The lowest BCUT2D eigenvalue weighted by molar-refractivity contribution is -0.387. The fourth-order valence-electron chi connectivity index (χ4n) is 3.06. The molecule has 122 valence electrons. The molecule has 0 radical (unpaired) electrons. The molecule has 23 heavy (non-hydrogen) atoms. The van der Waals surface area contributed by atoms with E-state index in [1.807, 2.05) is 22.4 Å². The van der Waals surface area contributed by atoms with Gasteiger partial charge in [-0.05, 0) is 36.4 Å². The molecule has 1 unspecified atom stereocenters. The molecule has 1 saturated heterocycles. The van der Waals surface area contributed by atoms with Crippen LogP contribution in [0.2, 0.25) is 0 Å². The third-order valence-corrected chi connectivity index (χ3v) is 6.10. The second kappa shape index (κ2) is 5.93. The molecule has 2 aromatic rings. The Morgan fingerprint density at radius 3 is 2.70 bits per heavy atom. The van der Waals surface area contributed by atoms with Crippen molar-refractivity contribution in [1.82, 2.24) is 0 Å². The zero-order valence-electron chi connectivity index (χ0n) is 12.5. The van der Waals surface area contributed by atoms with E-state index in [-0.39, 0.29) is 16.6 Å². The number of rotatable bonds is 4. The maximum Gasteiger partial charge on any atom is 0.311 e. The zero-order valence-corrected chi connectivity index (χ0v) is 14.1. The van der Waals surface area contributed by atoms with Crippen LogP contribution in [0.1, 0.15) is 23.8 Å². The highest BCUT2D eigenvalue weighted by Gasteiger charge is 2.34.